The number of hydrogen-bond donors (Lipinski definition) is 2. The van der Waals surface area contributed by atoms with E-state index in [2.05, 4.69) is 10.6 Å². The first-order valence-electron chi connectivity index (χ1n) is 6.30. The van der Waals surface area contributed by atoms with Gasteiger partial charge in [-0.1, -0.05) is 12.1 Å². The summed E-state index contributed by atoms with van der Waals surface area (Å²) in [7, 11) is 3.26. The Bertz CT molecular complexity index is 402. The second kappa shape index (κ2) is 10.5. The average molecular weight is 303 g/mol. The van der Waals surface area contributed by atoms with Crippen molar-refractivity contribution < 1.29 is 14.3 Å². The number of rotatable bonds is 8. The van der Waals surface area contributed by atoms with Crippen LogP contribution in [0.3, 0.4) is 0 Å². The summed E-state index contributed by atoms with van der Waals surface area (Å²) < 4.78 is 10.1. The fourth-order valence-corrected chi connectivity index (χ4v) is 1.66. The van der Waals surface area contributed by atoms with Crippen molar-refractivity contribution >= 4 is 18.3 Å². The van der Waals surface area contributed by atoms with Crippen LogP contribution >= 0.6 is 12.4 Å². The van der Waals surface area contributed by atoms with Gasteiger partial charge in [0, 0.05) is 13.7 Å². The minimum atomic E-state index is -0.0492. The van der Waals surface area contributed by atoms with Crippen molar-refractivity contribution in [2.24, 2.45) is 0 Å². The predicted molar refractivity (Wildman–Crippen MR) is 81.5 cm³/mol. The molecule has 0 aliphatic rings. The molecule has 0 aromatic heterocycles. The van der Waals surface area contributed by atoms with Gasteiger partial charge >= 0.3 is 0 Å². The highest BCUT2D eigenvalue weighted by Crippen LogP contribution is 2.18. The normalized spacial score (nSPS) is 11.3. The highest BCUT2D eigenvalue weighted by molar-refractivity contribution is 5.85. The molecule has 2 N–H and O–H groups in total. The van der Waals surface area contributed by atoms with Crippen molar-refractivity contribution in [1.82, 2.24) is 10.6 Å². The van der Waals surface area contributed by atoms with Crippen molar-refractivity contribution in [2.75, 3.05) is 33.9 Å². The molecule has 1 unspecified atom stereocenters. The predicted octanol–water partition coefficient (Wildman–Crippen LogP) is 1.53. The summed E-state index contributed by atoms with van der Waals surface area (Å²) in [6.07, 6.45) is 0. The van der Waals surface area contributed by atoms with E-state index in [9.17, 15) is 4.79 Å². The number of ether oxygens (including phenoxy) is 2. The number of carbonyl (C=O) groups excluding carboxylic acids is 1. The Kier molecular flexibility index (Phi) is 9.80. The summed E-state index contributed by atoms with van der Waals surface area (Å²) in [6, 6.07) is 7.62. The van der Waals surface area contributed by atoms with Crippen LogP contribution in [0.4, 0.5) is 0 Å². The third-order valence-electron chi connectivity index (χ3n) is 2.74. The third-order valence-corrected chi connectivity index (χ3v) is 2.74. The number of hydrogen-bond acceptors (Lipinski definition) is 4. The molecule has 1 aromatic carbocycles. The molecule has 0 saturated carbocycles. The Morgan fingerprint density at radius 1 is 1.35 bits per heavy atom. The highest BCUT2D eigenvalue weighted by atomic mass is 35.5. The van der Waals surface area contributed by atoms with Gasteiger partial charge in [-0.3, -0.25) is 4.79 Å². The van der Waals surface area contributed by atoms with E-state index in [1.807, 2.05) is 31.2 Å². The van der Waals surface area contributed by atoms with Crippen molar-refractivity contribution in [3.8, 4) is 5.75 Å². The third kappa shape index (κ3) is 6.75. The fourth-order valence-electron chi connectivity index (χ4n) is 1.66. The molecule has 1 aromatic rings. The van der Waals surface area contributed by atoms with Crippen LogP contribution in [0.25, 0.3) is 0 Å². The molecule has 6 heteroatoms. The summed E-state index contributed by atoms with van der Waals surface area (Å²) in [5.41, 5.74) is 1.02. The van der Waals surface area contributed by atoms with Gasteiger partial charge in [0.2, 0.25) is 5.91 Å². The lowest BCUT2D eigenvalue weighted by molar-refractivity contribution is -0.120. The maximum atomic E-state index is 11.7. The van der Waals surface area contributed by atoms with Crippen LogP contribution in [-0.2, 0) is 9.53 Å². The molecule has 0 saturated heterocycles. The largest absolute Gasteiger partial charge is 0.497 e. The summed E-state index contributed by atoms with van der Waals surface area (Å²) in [5.74, 6) is 0.753. The number of carbonyl (C=O) groups is 1. The molecule has 5 nitrogen and oxygen atoms in total. The van der Waals surface area contributed by atoms with E-state index in [1.54, 1.807) is 14.2 Å². The Hall–Kier alpha value is -1.30. The lowest BCUT2D eigenvalue weighted by Crippen LogP contribution is -2.36. The van der Waals surface area contributed by atoms with Gasteiger partial charge in [-0.2, -0.15) is 0 Å². The summed E-state index contributed by atoms with van der Waals surface area (Å²) in [5, 5.41) is 5.93. The topological polar surface area (TPSA) is 59.6 Å². The smallest absolute Gasteiger partial charge is 0.234 e. The van der Waals surface area contributed by atoms with Crippen LogP contribution in [0.2, 0.25) is 0 Å². The van der Waals surface area contributed by atoms with E-state index in [4.69, 9.17) is 9.47 Å². The lowest BCUT2D eigenvalue weighted by Gasteiger charge is -2.15. The molecule has 0 aliphatic carbocycles. The van der Waals surface area contributed by atoms with Crippen LogP contribution < -0.4 is 15.4 Å². The number of methoxy groups -OCH3 is 2. The first-order chi connectivity index (χ1) is 9.17. The van der Waals surface area contributed by atoms with Gasteiger partial charge in [0.25, 0.3) is 0 Å². The zero-order valence-corrected chi connectivity index (χ0v) is 13.0. The van der Waals surface area contributed by atoms with E-state index >= 15 is 0 Å². The minimum absolute atomic E-state index is 0. The van der Waals surface area contributed by atoms with Gasteiger partial charge in [-0.25, -0.2) is 0 Å². The zero-order chi connectivity index (χ0) is 14.1. The SMILES string of the molecule is COCCNCC(=O)NC(C)c1cccc(OC)c1.Cl. The molecule has 0 radical (unpaired) electrons. The molecule has 0 bridgehead atoms. The van der Waals surface area contributed by atoms with Gasteiger partial charge in [-0.15, -0.1) is 12.4 Å². The zero-order valence-electron chi connectivity index (χ0n) is 12.1. The first kappa shape index (κ1) is 18.7. The molecule has 0 aliphatic heterocycles. The highest BCUT2D eigenvalue weighted by Gasteiger charge is 2.09. The standard InChI is InChI=1S/C14H22N2O3.ClH/c1-11(12-5-4-6-13(9-12)19-3)16-14(17)10-15-7-8-18-2;/h4-6,9,11,15H,7-8,10H2,1-3H3,(H,16,17);1H. The Morgan fingerprint density at radius 3 is 2.75 bits per heavy atom. The second-order valence-corrected chi connectivity index (χ2v) is 4.24. The van der Waals surface area contributed by atoms with Gasteiger partial charge in [0.05, 0.1) is 26.3 Å². The van der Waals surface area contributed by atoms with E-state index < -0.39 is 0 Å². The maximum absolute atomic E-state index is 11.7. The Morgan fingerprint density at radius 2 is 2.10 bits per heavy atom. The molecule has 1 atom stereocenters. The van der Waals surface area contributed by atoms with Crippen molar-refractivity contribution in [1.29, 1.82) is 0 Å². The van der Waals surface area contributed by atoms with Gasteiger partial charge in [-0.05, 0) is 24.6 Å². The second-order valence-electron chi connectivity index (χ2n) is 4.24. The average Bonchev–Trinajstić information content (AvgIpc) is 2.43. The maximum Gasteiger partial charge on any atom is 0.234 e. The molecule has 0 fully saturated rings. The summed E-state index contributed by atoms with van der Waals surface area (Å²) in [6.45, 7) is 3.50. The van der Waals surface area contributed by atoms with E-state index in [1.165, 1.54) is 0 Å². The number of amides is 1. The molecular weight excluding hydrogens is 280 g/mol. The van der Waals surface area contributed by atoms with Crippen molar-refractivity contribution in [3.05, 3.63) is 29.8 Å². The van der Waals surface area contributed by atoms with Gasteiger partial charge < -0.3 is 20.1 Å². The molecule has 1 amide bonds. The summed E-state index contributed by atoms with van der Waals surface area (Å²) >= 11 is 0. The van der Waals surface area contributed by atoms with E-state index in [0.29, 0.717) is 13.2 Å². The lowest BCUT2D eigenvalue weighted by atomic mass is 10.1. The quantitative estimate of drug-likeness (QED) is 0.715. The van der Waals surface area contributed by atoms with Crippen molar-refractivity contribution in [3.63, 3.8) is 0 Å². The molecular formula is C14H23ClN2O3. The van der Waals surface area contributed by atoms with Crippen LogP contribution in [0.15, 0.2) is 24.3 Å². The van der Waals surface area contributed by atoms with Crippen LogP contribution in [0.1, 0.15) is 18.5 Å². The first-order valence-corrected chi connectivity index (χ1v) is 6.30. The van der Waals surface area contributed by atoms with E-state index in [-0.39, 0.29) is 30.9 Å². The Labute approximate surface area is 126 Å². The molecule has 20 heavy (non-hydrogen) atoms. The van der Waals surface area contributed by atoms with Gasteiger partial charge in [0.1, 0.15) is 5.75 Å². The number of benzene rings is 1. The molecule has 1 rings (SSSR count). The Balaban J connectivity index is 0.00000361. The molecule has 0 spiro atoms. The monoisotopic (exact) mass is 302 g/mol. The summed E-state index contributed by atoms with van der Waals surface area (Å²) in [4.78, 5) is 11.7. The van der Waals surface area contributed by atoms with Gasteiger partial charge in [0.15, 0.2) is 0 Å². The van der Waals surface area contributed by atoms with E-state index in [0.717, 1.165) is 11.3 Å². The fraction of sp³-hybridized carbons (Fsp3) is 0.500. The minimum Gasteiger partial charge on any atom is -0.497 e. The molecule has 114 valence electrons. The number of halogens is 1. The van der Waals surface area contributed by atoms with Crippen molar-refractivity contribution in [2.45, 2.75) is 13.0 Å². The van der Waals surface area contributed by atoms with Crippen LogP contribution in [-0.4, -0.2) is 39.8 Å². The molecule has 0 heterocycles. The van der Waals surface area contributed by atoms with Crippen LogP contribution in [0, 0.1) is 0 Å². The number of nitrogens with one attached hydrogen (secondary N) is 2. The van der Waals surface area contributed by atoms with Crippen LogP contribution in [0.5, 0.6) is 5.75 Å².